The van der Waals surface area contributed by atoms with Gasteiger partial charge in [-0.1, -0.05) is 18.2 Å². The minimum Gasteiger partial charge on any atom is -0.493 e. The summed E-state index contributed by atoms with van der Waals surface area (Å²) >= 11 is 0. The molecule has 0 atom stereocenters. The molecule has 0 radical (unpaired) electrons. The Hall–Kier alpha value is -2.53. The molecule has 0 aromatic heterocycles. The van der Waals surface area contributed by atoms with E-state index < -0.39 is 0 Å². The van der Waals surface area contributed by atoms with Gasteiger partial charge in [-0.3, -0.25) is 9.69 Å². The van der Waals surface area contributed by atoms with Crippen molar-refractivity contribution in [2.24, 2.45) is 0 Å². The van der Waals surface area contributed by atoms with Gasteiger partial charge in [0.25, 0.3) is 5.91 Å². The van der Waals surface area contributed by atoms with E-state index in [9.17, 15) is 4.79 Å². The van der Waals surface area contributed by atoms with Crippen LogP contribution in [0.4, 0.5) is 0 Å². The Labute approximate surface area is 161 Å². The van der Waals surface area contributed by atoms with E-state index in [1.807, 2.05) is 37.4 Å². The second-order valence-corrected chi connectivity index (χ2v) is 7.03. The molecule has 1 aliphatic heterocycles. The topological polar surface area (TPSA) is 42.0 Å². The minimum atomic E-state index is 0.0116. The van der Waals surface area contributed by atoms with Crippen LogP contribution in [0.15, 0.2) is 42.5 Å². The van der Waals surface area contributed by atoms with E-state index >= 15 is 0 Å². The van der Waals surface area contributed by atoms with Gasteiger partial charge in [-0.05, 0) is 61.3 Å². The van der Waals surface area contributed by atoms with Crippen molar-refractivity contribution in [3.8, 4) is 11.5 Å². The molecule has 1 saturated heterocycles. The van der Waals surface area contributed by atoms with Crippen LogP contribution in [0.5, 0.6) is 11.5 Å². The summed E-state index contributed by atoms with van der Waals surface area (Å²) in [6.45, 7) is 3.83. The first-order chi connectivity index (χ1) is 13.1. The third-order valence-electron chi connectivity index (χ3n) is 5.02. The molecule has 1 fully saturated rings. The molecule has 5 nitrogen and oxygen atoms in total. The maximum atomic E-state index is 12.7. The van der Waals surface area contributed by atoms with Crippen molar-refractivity contribution in [2.45, 2.75) is 25.9 Å². The van der Waals surface area contributed by atoms with E-state index in [1.54, 1.807) is 19.1 Å². The lowest BCUT2D eigenvalue weighted by Gasteiger charge is -2.19. The molecule has 27 heavy (non-hydrogen) atoms. The second kappa shape index (κ2) is 8.91. The summed E-state index contributed by atoms with van der Waals surface area (Å²) in [6.07, 6.45) is 2.58. The van der Waals surface area contributed by atoms with Crippen LogP contribution in [0.1, 0.15) is 34.3 Å². The summed E-state index contributed by atoms with van der Waals surface area (Å²) in [6, 6.07) is 13.7. The van der Waals surface area contributed by atoms with Crippen molar-refractivity contribution < 1.29 is 14.3 Å². The lowest BCUT2D eigenvalue weighted by Crippen LogP contribution is -2.26. The van der Waals surface area contributed by atoms with E-state index in [0.29, 0.717) is 23.6 Å². The van der Waals surface area contributed by atoms with Crippen molar-refractivity contribution in [3.63, 3.8) is 0 Å². The number of likely N-dealkylation sites (tertiary alicyclic amines) is 1. The van der Waals surface area contributed by atoms with Gasteiger partial charge in [0.1, 0.15) is 0 Å². The first-order valence-corrected chi connectivity index (χ1v) is 9.38. The average molecular weight is 368 g/mol. The van der Waals surface area contributed by atoms with Crippen LogP contribution in [0.25, 0.3) is 0 Å². The summed E-state index contributed by atoms with van der Waals surface area (Å²) in [5.74, 6) is 1.36. The fourth-order valence-electron chi connectivity index (χ4n) is 3.50. The zero-order chi connectivity index (χ0) is 19.2. The zero-order valence-corrected chi connectivity index (χ0v) is 16.4. The van der Waals surface area contributed by atoms with Crippen LogP contribution in [0.3, 0.4) is 0 Å². The molecule has 1 aliphatic rings. The molecule has 0 bridgehead atoms. The number of methoxy groups -OCH3 is 2. The highest BCUT2D eigenvalue weighted by atomic mass is 16.5. The monoisotopic (exact) mass is 368 g/mol. The number of rotatable bonds is 7. The van der Waals surface area contributed by atoms with Crippen molar-refractivity contribution in [3.05, 3.63) is 59.2 Å². The second-order valence-electron chi connectivity index (χ2n) is 7.03. The van der Waals surface area contributed by atoms with Crippen molar-refractivity contribution in [1.82, 2.24) is 9.80 Å². The number of hydrogen-bond donors (Lipinski definition) is 0. The van der Waals surface area contributed by atoms with E-state index in [2.05, 4.69) is 17.0 Å². The minimum absolute atomic E-state index is 0.0116. The molecule has 0 N–H and O–H groups in total. The van der Waals surface area contributed by atoms with E-state index in [0.717, 1.165) is 12.1 Å². The molecule has 5 heteroatoms. The van der Waals surface area contributed by atoms with Gasteiger partial charge >= 0.3 is 0 Å². The number of amides is 1. The van der Waals surface area contributed by atoms with Gasteiger partial charge in [0.15, 0.2) is 11.5 Å². The van der Waals surface area contributed by atoms with Gasteiger partial charge in [-0.2, -0.15) is 0 Å². The first kappa shape index (κ1) is 19.2. The van der Waals surface area contributed by atoms with Gasteiger partial charge in [0.05, 0.1) is 14.2 Å². The molecule has 1 heterocycles. The predicted octanol–water partition coefficient (Wildman–Crippen LogP) is 3.57. The molecule has 3 rings (SSSR count). The Kier molecular flexibility index (Phi) is 6.35. The molecular weight excluding hydrogens is 340 g/mol. The molecule has 0 aliphatic carbocycles. The summed E-state index contributed by atoms with van der Waals surface area (Å²) in [4.78, 5) is 16.9. The van der Waals surface area contributed by atoms with Crippen LogP contribution in [0, 0.1) is 0 Å². The highest BCUT2D eigenvalue weighted by Gasteiger charge is 2.15. The molecule has 2 aromatic rings. The SMILES string of the molecule is COc1ccc(CN(C)C(=O)c2ccc(CN3CCCC3)cc2)cc1OC. The maximum absolute atomic E-state index is 12.7. The van der Waals surface area contributed by atoms with Gasteiger partial charge in [-0.15, -0.1) is 0 Å². The average Bonchev–Trinajstić information content (AvgIpc) is 3.21. The first-order valence-electron chi connectivity index (χ1n) is 9.38. The standard InChI is InChI=1S/C22H28N2O3/c1-23(15-18-8-11-20(26-2)21(14-18)27-3)22(25)19-9-6-17(7-10-19)16-24-12-4-5-13-24/h6-11,14H,4-5,12-13,15-16H2,1-3H3. The zero-order valence-electron chi connectivity index (χ0n) is 16.4. The summed E-state index contributed by atoms with van der Waals surface area (Å²) < 4.78 is 10.6. The number of carbonyl (C=O) groups is 1. The van der Waals surface area contributed by atoms with Crippen LogP contribution in [0.2, 0.25) is 0 Å². The summed E-state index contributed by atoms with van der Waals surface area (Å²) in [7, 11) is 5.04. The fraction of sp³-hybridized carbons (Fsp3) is 0.409. The van der Waals surface area contributed by atoms with Crippen molar-refractivity contribution in [2.75, 3.05) is 34.4 Å². The number of hydrogen-bond acceptors (Lipinski definition) is 4. The lowest BCUT2D eigenvalue weighted by atomic mass is 10.1. The Morgan fingerprint density at radius 3 is 2.22 bits per heavy atom. The molecule has 2 aromatic carbocycles. The quantitative estimate of drug-likeness (QED) is 0.749. The third-order valence-corrected chi connectivity index (χ3v) is 5.02. The Morgan fingerprint density at radius 2 is 1.59 bits per heavy atom. The number of ether oxygens (including phenoxy) is 2. The smallest absolute Gasteiger partial charge is 0.253 e. The van der Waals surface area contributed by atoms with Crippen molar-refractivity contribution >= 4 is 5.91 Å². The van der Waals surface area contributed by atoms with E-state index in [1.165, 1.54) is 31.5 Å². The highest BCUT2D eigenvalue weighted by molar-refractivity contribution is 5.94. The van der Waals surface area contributed by atoms with Gasteiger partial charge < -0.3 is 14.4 Å². The third kappa shape index (κ3) is 4.80. The highest BCUT2D eigenvalue weighted by Crippen LogP contribution is 2.28. The number of nitrogens with zero attached hydrogens (tertiary/aromatic N) is 2. The van der Waals surface area contributed by atoms with Crippen LogP contribution in [-0.2, 0) is 13.1 Å². The Balaban J connectivity index is 1.62. The number of carbonyl (C=O) groups excluding carboxylic acids is 1. The van der Waals surface area contributed by atoms with E-state index in [4.69, 9.17) is 9.47 Å². The van der Waals surface area contributed by atoms with Gasteiger partial charge in [-0.25, -0.2) is 0 Å². The van der Waals surface area contributed by atoms with Crippen LogP contribution in [-0.4, -0.2) is 50.1 Å². The van der Waals surface area contributed by atoms with Gasteiger partial charge in [0, 0.05) is 25.7 Å². The molecule has 1 amide bonds. The summed E-state index contributed by atoms with van der Waals surface area (Å²) in [5.41, 5.74) is 2.97. The van der Waals surface area contributed by atoms with Gasteiger partial charge in [0.2, 0.25) is 0 Å². The number of benzene rings is 2. The largest absolute Gasteiger partial charge is 0.493 e. The molecule has 144 valence electrons. The molecule has 0 spiro atoms. The summed E-state index contributed by atoms with van der Waals surface area (Å²) in [5, 5.41) is 0. The van der Waals surface area contributed by atoms with Crippen LogP contribution < -0.4 is 9.47 Å². The molecule has 0 saturated carbocycles. The Bertz CT molecular complexity index is 768. The normalized spacial score (nSPS) is 14.2. The lowest BCUT2D eigenvalue weighted by molar-refractivity contribution is 0.0785. The predicted molar refractivity (Wildman–Crippen MR) is 106 cm³/mol. The Morgan fingerprint density at radius 1 is 0.963 bits per heavy atom. The molecule has 0 unspecified atom stereocenters. The van der Waals surface area contributed by atoms with Crippen LogP contribution >= 0.6 is 0 Å². The van der Waals surface area contributed by atoms with Crippen molar-refractivity contribution in [1.29, 1.82) is 0 Å². The fourth-order valence-corrected chi connectivity index (χ4v) is 3.50. The molecular formula is C22H28N2O3. The maximum Gasteiger partial charge on any atom is 0.253 e. The van der Waals surface area contributed by atoms with E-state index in [-0.39, 0.29) is 5.91 Å².